The molecule has 0 atom stereocenters. The van der Waals surface area contributed by atoms with Crippen LogP contribution >= 0.6 is 0 Å². The molecule has 3 rings (SSSR count). The fraction of sp³-hybridized carbons (Fsp3) is 0.286. The topological polar surface area (TPSA) is 65.4 Å². The van der Waals surface area contributed by atoms with E-state index in [1.54, 1.807) is 18.2 Å². The zero-order valence-electron chi connectivity index (χ0n) is 15.7. The molecular formula is C21H23NO4S. The Morgan fingerprint density at radius 2 is 1.74 bits per heavy atom. The van der Waals surface area contributed by atoms with Gasteiger partial charge in [-0.1, -0.05) is 19.9 Å². The molecule has 0 saturated carbocycles. The molecule has 0 bridgehead atoms. The first-order chi connectivity index (χ1) is 12.9. The fourth-order valence-electron chi connectivity index (χ4n) is 3.14. The number of aryl methyl sites for hydroxylation is 2. The number of hydrogen-bond donors (Lipinski definition) is 0. The normalized spacial score (nSPS) is 11.7. The smallest absolute Gasteiger partial charge is 0.211 e. The summed E-state index contributed by atoms with van der Waals surface area (Å²) in [5, 5.41) is 0.442. The summed E-state index contributed by atoms with van der Waals surface area (Å²) in [6.45, 7) is 4.65. The predicted molar refractivity (Wildman–Crippen MR) is 106 cm³/mol. The van der Waals surface area contributed by atoms with Gasteiger partial charge in [0.15, 0.2) is 0 Å². The van der Waals surface area contributed by atoms with Crippen molar-refractivity contribution in [2.75, 3.05) is 7.11 Å². The lowest BCUT2D eigenvalue weighted by atomic mass is 10.1. The van der Waals surface area contributed by atoms with Crippen molar-refractivity contribution in [3.8, 4) is 5.75 Å². The van der Waals surface area contributed by atoms with E-state index < -0.39 is 15.3 Å². The maximum absolute atomic E-state index is 13.2. The van der Waals surface area contributed by atoms with Crippen molar-refractivity contribution in [3.05, 3.63) is 64.4 Å². The Morgan fingerprint density at radius 3 is 2.33 bits per heavy atom. The molecule has 1 aromatic heterocycles. The van der Waals surface area contributed by atoms with Gasteiger partial charge in [0.25, 0.3) is 0 Å². The molecule has 27 heavy (non-hydrogen) atoms. The molecule has 1 heterocycles. The van der Waals surface area contributed by atoms with Crippen molar-refractivity contribution in [1.82, 2.24) is 4.57 Å². The van der Waals surface area contributed by atoms with E-state index in [0.29, 0.717) is 17.7 Å². The summed E-state index contributed by atoms with van der Waals surface area (Å²) >= 11 is 0. The summed E-state index contributed by atoms with van der Waals surface area (Å²) in [6.07, 6.45) is 3.08. The highest BCUT2D eigenvalue weighted by Crippen LogP contribution is 2.24. The molecule has 2 aromatic carbocycles. The lowest BCUT2D eigenvalue weighted by Gasteiger charge is -2.14. The molecule has 0 radical (unpaired) electrons. The minimum atomic E-state index is -3.94. The summed E-state index contributed by atoms with van der Waals surface area (Å²) in [5.74, 6) is 0.559. The number of nitrogens with zero attached hydrogens (tertiary/aromatic N) is 1. The van der Waals surface area contributed by atoms with Crippen LogP contribution in [0.4, 0.5) is 0 Å². The quantitative estimate of drug-likeness (QED) is 0.647. The number of sulfone groups is 1. The van der Waals surface area contributed by atoms with E-state index in [4.69, 9.17) is 4.74 Å². The molecule has 6 heteroatoms. The zero-order chi connectivity index (χ0) is 19.6. The highest BCUT2D eigenvalue weighted by molar-refractivity contribution is 7.91. The minimum Gasteiger partial charge on any atom is -0.497 e. The first-order valence-corrected chi connectivity index (χ1v) is 10.5. The van der Waals surface area contributed by atoms with Crippen LogP contribution in [0.15, 0.2) is 63.2 Å². The van der Waals surface area contributed by atoms with Crippen molar-refractivity contribution in [1.29, 1.82) is 0 Å². The number of ether oxygens (including phenoxy) is 1. The van der Waals surface area contributed by atoms with Gasteiger partial charge in [0.2, 0.25) is 15.3 Å². The molecule has 3 aromatic rings. The molecule has 0 fully saturated rings. The SMILES string of the molecule is CCCn1cc(S(=O)(=O)c2ccc(OC)cc2)c(=O)c2cc(CC)ccc21. The second kappa shape index (κ2) is 7.56. The first kappa shape index (κ1) is 19.2. The molecule has 0 spiro atoms. The van der Waals surface area contributed by atoms with Gasteiger partial charge in [0, 0.05) is 18.1 Å². The lowest BCUT2D eigenvalue weighted by Crippen LogP contribution is -2.19. The minimum absolute atomic E-state index is 0.0782. The van der Waals surface area contributed by atoms with Crippen LogP contribution in [0.3, 0.4) is 0 Å². The van der Waals surface area contributed by atoms with Gasteiger partial charge in [0.1, 0.15) is 10.6 Å². The first-order valence-electron chi connectivity index (χ1n) is 8.97. The maximum atomic E-state index is 13.2. The molecule has 0 N–H and O–H groups in total. The molecule has 0 aliphatic rings. The highest BCUT2D eigenvalue weighted by atomic mass is 32.2. The predicted octanol–water partition coefficient (Wildman–Crippen LogP) is 3.82. The molecule has 0 aliphatic heterocycles. The number of hydrogen-bond acceptors (Lipinski definition) is 4. The number of methoxy groups -OCH3 is 1. The number of rotatable bonds is 6. The second-order valence-corrected chi connectivity index (χ2v) is 8.32. The van der Waals surface area contributed by atoms with Crippen molar-refractivity contribution in [2.45, 2.75) is 43.0 Å². The Balaban J connectivity index is 2.28. The van der Waals surface area contributed by atoms with Crippen molar-refractivity contribution < 1.29 is 13.2 Å². The van der Waals surface area contributed by atoms with Gasteiger partial charge in [-0.05, 0) is 54.8 Å². The van der Waals surface area contributed by atoms with Crippen LogP contribution in [0.5, 0.6) is 5.75 Å². The largest absolute Gasteiger partial charge is 0.497 e. The number of benzene rings is 2. The average molecular weight is 385 g/mol. The Bertz CT molecular complexity index is 1130. The van der Waals surface area contributed by atoms with E-state index in [9.17, 15) is 13.2 Å². The summed E-state index contributed by atoms with van der Waals surface area (Å²) < 4.78 is 33.2. The van der Waals surface area contributed by atoms with Crippen LogP contribution < -0.4 is 10.2 Å². The number of aromatic nitrogens is 1. The van der Waals surface area contributed by atoms with E-state index in [-0.39, 0.29) is 9.79 Å². The van der Waals surface area contributed by atoms with E-state index in [1.807, 2.05) is 30.5 Å². The average Bonchev–Trinajstić information content (AvgIpc) is 2.69. The van der Waals surface area contributed by atoms with Crippen LogP contribution in [0.25, 0.3) is 10.9 Å². The molecule has 5 nitrogen and oxygen atoms in total. The van der Waals surface area contributed by atoms with E-state index in [0.717, 1.165) is 23.9 Å². The molecule has 0 unspecified atom stereocenters. The highest BCUT2D eigenvalue weighted by Gasteiger charge is 2.24. The Hall–Kier alpha value is -2.60. The van der Waals surface area contributed by atoms with Crippen molar-refractivity contribution >= 4 is 20.7 Å². The summed E-state index contributed by atoms with van der Waals surface area (Å²) in [7, 11) is -2.42. The van der Waals surface area contributed by atoms with Crippen LogP contribution in [0.2, 0.25) is 0 Å². The van der Waals surface area contributed by atoms with Gasteiger partial charge in [-0.15, -0.1) is 0 Å². The number of pyridine rings is 1. The fourth-order valence-corrected chi connectivity index (χ4v) is 4.51. The van der Waals surface area contributed by atoms with Crippen molar-refractivity contribution in [3.63, 3.8) is 0 Å². The third-order valence-electron chi connectivity index (χ3n) is 4.64. The standard InChI is InChI=1S/C21H23NO4S/c1-4-12-22-14-20(21(23)18-13-15(5-2)6-11-19(18)22)27(24,25)17-9-7-16(26-3)8-10-17/h6-11,13-14H,4-5,12H2,1-3H3. The van der Waals surface area contributed by atoms with Gasteiger partial charge in [0.05, 0.1) is 17.5 Å². The van der Waals surface area contributed by atoms with Crippen molar-refractivity contribution in [2.24, 2.45) is 0 Å². The van der Waals surface area contributed by atoms with Crippen LogP contribution in [-0.2, 0) is 22.8 Å². The molecule has 0 aliphatic carbocycles. The van der Waals surface area contributed by atoms with Crippen LogP contribution in [0, 0.1) is 0 Å². The Kier molecular flexibility index (Phi) is 5.37. The lowest BCUT2D eigenvalue weighted by molar-refractivity contribution is 0.414. The van der Waals surface area contributed by atoms with Gasteiger partial charge in [-0.2, -0.15) is 0 Å². The van der Waals surface area contributed by atoms with E-state index >= 15 is 0 Å². The van der Waals surface area contributed by atoms with Gasteiger partial charge in [-0.3, -0.25) is 4.79 Å². The zero-order valence-corrected chi connectivity index (χ0v) is 16.5. The molecule has 0 saturated heterocycles. The monoisotopic (exact) mass is 385 g/mol. The second-order valence-electron chi connectivity index (χ2n) is 6.40. The van der Waals surface area contributed by atoms with Crippen LogP contribution in [0.1, 0.15) is 25.8 Å². The third kappa shape index (κ3) is 3.49. The Labute approximate surface area is 159 Å². The van der Waals surface area contributed by atoms with E-state index in [2.05, 4.69) is 0 Å². The van der Waals surface area contributed by atoms with Gasteiger partial charge >= 0.3 is 0 Å². The van der Waals surface area contributed by atoms with E-state index in [1.165, 1.54) is 25.4 Å². The van der Waals surface area contributed by atoms with Gasteiger partial charge < -0.3 is 9.30 Å². The molecule has 142 valence electrons. The Morgan fingerprint density at radius 1 is 1.04 bits per heavy atom. The number of fused-ring (bicyclic) bond motifs is 1. The maximum Gasteiger partial charge on any atom is 0.211 e. The molecule has 0 amide bonds. The third-order valence-corrected chi connectivity index (χ3v) is 6.41. The summed E-state index contributed by atoms with van der Waals surface area (Å²) in [4.78, 5) is 13.0. The van der Waals surface area contributed by atoms with Crippen LogP contribution in [-0.4, -0.2) is 20.1 Å². The van der Waals surface area contributed by atoms with Gasteiger partial charge in [-0.25, -0.2) is 8.42 Å². The summed E-state index contributed by atoms with van der Waals surface area (Å²) in [6, 6.07) is 11.8. The molecular weight excluding hydrogens is 362 g/mol. The summed E-state index contributed by atoms with van der Waals surface area (Å²) in [5.41, 5.74) is 1.30.